The summed E-state index contributed by atoms with van der Waals surface area (Å²) in [6, 6.07) is 7.03. The van der Waals surface area contributed by atoms with E-state index in [9.17, 15) is 9.59 Å². The van der Waals surface area contributed by atoms with E-state index in [0.717, 1.165) is 25.9 Å². The van der Waals surface area contributed by atoms with Gasteiger partial charge in [-0.25, -0.2) is 0 Å². The van der Waals surface area contributed by atoms with Gasteiger partial charge in [-0.1, -0.05) is 13.8 Å². The topological polar surface area (TPSA) is 66.6 Å². The molecule has 0 spiro atoms. The van der Waals surface area contributed by atoms with Gasteiger partial charge in [-0.2, -0.15) is 0 Å². The lowest BCUT2D eigenvalue weighted by Gasteiger charge is -2.23. The molecule has 5 heteroatoms. The van der Waals surface area contributed by atoms with Crippen LogP contribution in [0.4, 0.5) is 0 Å². The monoisotopic (exact) mass is 331 g/mol. The minimum atomic E-state index is 0.0204. The summed E-state index contributed by atoms with van der Waals surface area (Å²) in [5, 5.41) is 0. The largest absolute Gasteiger partial charge is 0.339 e. The summed E-state index contributed by atoms with van der Waals surface area (Å²) in [5.74, 6) is 0.0438. The van der Waals surface area contributed by atoms with Crippen molar-refractivity contribution in [3.63, 3.8) is 0 Å². The van der Waals surface area contributed by atoms with Crippen molar-refractivity contribution in [3.8, 4) is 0 Å². The Bertz CT molecular complexity index is 585. The molecular weight excluding hydrogens is 302 g/mol. The van der Waals surface area contributed by atoms with Crippen molar-refractivity contribution in [1.82, 2.24) is 9.80 Å². The molecule has 24 heavy (non-hydrogen) atoms. The van der Waals surface area contributed by atoms with Gasteiger partial charge in [0.25, 0.3) is 11.8 Å². The quantitative estimate of drug-likeness (QED) is 0.870. The van der Waals surface area contributed by atoms with Crippen LogP contribution in [-0.4, -0.2) is 54.3 Å². The van der Waals surface area contributed by atoms with Gasteiger partial charge in [0.1, 0.15) is 0 Å². The summed E-state index contributed by atoms with van der Waals surface area (Å²) in [6.45, 7) is 9.64. The summed E-state index contributed by atoms with van der Waals surface area (Å²) in [6.07, 6.45) is 1.87. The van der Waals surface area contributed by atoms with Gasteiger partial charge in [-0.3, -0.25) is 9.59 Å². The zero-order valence-corrected chi connectivity index (χ0v) is 15.0. The third-order valence-electron chi connectivity index (χ3n) is 4.88. The molecule has 0 radical (unpaired) electrons. The van der Waals surface area contributed by atoms with Crippen LogP contribution < -0.4 is 5.73 Å². The van der Waals surface area contributed by atoms with E-state index in [1.165, 1.54) is 0 Å². The molecule has 1 aromatic rings. The highest BCUT2D eigenvalue weighted by Gasteiger charge is 2.35. The lowest BCUT2D eigenvalue weighted by atomic mass is 9.90. The number of carbonyl (C=O) groups excluding carboxylic acids is 2. The fourth-order valence-corrected chi connectivity index (χ4v) is 3.16. The SMILES string of the molecule is CCCN(CC)C(=O)c1ccc(C(=O)N2CCC(C)(CN)C2)cc1. The van der Waals surface area contributed by atoms with Gasteiger partial charge in [0, 0.05) is 37.3 Å². The van der Waals surface area contributed by atoms with Crippen LogP contribution in [0.3, 0.4) is 0 Å². The number of nitrogens with zero attached hydrogens (tertiary/aromatic N) is 2. The molecule has 0 aromatic heterocycles. The first kappa shape index (κ1) is 18.5. The molecule has 2 N–H and O–H groups in total. The van der Waals surface area contributed by atoms with Crippen LogP contribution in [0.2, 0.25) is 0 Å². The number of benzene rings is 1. The number of rotatable bonds is 6. The van der Waals surface area contributed by atoms with E-state index in [2.05, 4.69) is 13.8 Å². The fourth-order valence-electron chi connectivity index (χ4n) is 3.16. The van der Waals surface area contributed by atoms with E-state index in [4.69, 9.17) is 5.73 Å². The molecule has 1 unspecified atom stereocenters. The van der Waals surface area contributed by atoms with Gasteiger partial charge in [0.15, 0.2) is 0 Å². The molecule has 2 amide bonds. The Morgan fingerprint density at radius 2 is 1.83 bits per heavy atom. The Morgan fingerprint density at radius 3 is 2.33 bits per heavy atom. The van der Waals surface area contributed by atoms with Gasteiger partial charge < -0.3 is 15.5 Å². The molecule has 1 fully saturated rings. The Hall–Kier alpha value is -1.88. The van der Waals surface area contributed by atoms with Crippen LogP contribution in [0.25, 0.3) is 0 Å². The maximum Gasteiger partial charge on any atom is 0.253 e. The molecule has 132 valence electrons. The first-order valence-corrected chi connectivity index (χ1v) is 8.82. The van der Waals surface area contributed by atoms with Crippen molar-refractivity contribution in [2.75, 3.05) is 32.7 Å². The van der Waals surface area contributed by atoms with Crippen LogP contribution in [0, 0.1) is 5.41 Å². The van der Waals surface area contributed by atoms with Crippen molar-refractivity contribution in [2.45, 2.75) is 33.6 Å². The number of amides is 2. The number of carbonyl (C=O) groups is 2. The summed E-state index contributed by atoms with van der Waals surface area (Å²) in [5.41, 5.74) is 7.09. The molecule has 1 saturated heterocycles. The normalized spacial score (nSPS) is 20.2. The van der Waals surface area contributed by atoms with Crippen molar-refractivity contribution in [3.05, 3.63) is 35.4 Å². The van der Waals surface area contributed by atoms with Gasteiger partial charge >= 0.3 is 0 Å². The predicted molar refractivity (Wildman–Crippen MR) is 96.0 cm³/mol. The highest BCUT2D eigenvalue weighted by Crippen LogP contribution is 2.29. The lowest BCUT2D eigenvalue weighted by molar-refractivity contribution is 0.0757. The van der Waals surface area contributed by atoms with E-state index in [-0.39, 0.29) is 17.2 Å². The Morgan fingerprint density at radius 1 is 1.21 bits per heavy atom. The third-order valence-corrected chi connectivity index (χ3v) is 4.88. The van der Waals surface area contributed by atoms with Crippen molar-refractivity contribution >= 4 is 11.8 Å². The Kier molecular flexibility index (Phi) is 5.99. The van der Waals surface area contributed by atoms with Gasteiger partial charge in [0.2, 0.25) is 0 Å². The van der Waals surface area contributed by atoms with E-state index in [0.29, 0.717) is 30.8 Å². The summed E-state index contributed by atoms with van der Waals surface area (Å²) in [4.78, 5) is 28.7. The van der Waals surface area contributed by atoms with Gasteiger partial charge in [0.05, 0.1) is 0 Å². The molecule has 2 rings (SSSR count). The third kappa shape index (κ3) is 3.96. The standard InChI is InChI=1S/C19H29N3O2/c1-4-11-21(5-2)17(23)15-6-8-16(9-7-15)18(24)22-12-10-19(3,13-20)14-22/h6-9H,4-5,10-14,20H2,1-3H3. The molecule has 1 aromatic carbocycles. The lowest BCUT2D eigenvalue weighted by Crippen LogP contribution is -2.34. The van der Waals surface area contributed by atoms with Crippen LogP contribution in [-0.2, 0) is 0 Å². The van der Waals surface area contributed by atoms with Crippen LogP contribution in [0.15, 0.2) is 24.3 Å². The zero-order valence-electron chi connectivity index (χ0n) is 15.0. The average molecular weight is 331 g/mol. The second-order valence-corrected chi connectivity index (χ2v) is 6.95. The molecule has 0 bridgehead atoms. The highest BCUT2D eigenvalue weighted by molar-refractivity contribution is 5.98. The fraction of sp³-hybridized carbons (Fsp3) is 0.579. The molecular formula is C19H29N3O2. The maximum atomic E-state index is 12.6. The Balaban J connectivity index is 2.06. The number of hydrogen-bond donors (Lipinski definition) is 1. The van der Waals surface area contributed by atoms with Crippen LogP contribution in [0.1, 0.15) is 54.3 Å². The number of hydrogen-bond acceptors (Lipinski definition) is 3. The molecule has 1 heterocycles. The zero-order chi connectivity index (χ0) is 17.7. The summed E-state index contributed by atoms with van der Waals surface area (Å²) >= 11 is 0. The molecule has 1 aliphatic rings. The first-order chi connectivity index (χ1) is 11.4. The van der Waals surface area contributed by atoms with Crippen molar-refractivity contribution < 1.29 is 9.59 Å². The summed E-state index contributed by atoms with van der Waals surface area (Å²) < 4.78 is 0. The maximum absolute atomic E-state index is 12.6. The second-order valence-electron chi connectivity index (χ2n) is 6.95. The number of likely N-dealkylation sites (tertiary alicyclic amines) is 1. The Labute approximate surface area is 144 Å². The molecule has 1 aliphatic heterocycles. The smallest absolute Gasteiger partial charge is 0.253 e. The predicted octanol–water partition coefficient (Wildman–Crippen LogP) is 2.37. The number of nitrogens with two attached hydrogens (primary N) is 1. The minimum Gasteiger partial charge on any atom is -0.339 e. The summed E-state index contributed by atoms with van der Waals surface area (Å²) in [7, 11) is 0. The van der Waals surface area contributed by atoms with Gasteiger partial charge in [-0.15, -0.1) is 0 Å². The van der Waals surface area contributed by atoms with Crippen LogP contribution in [0.5, 0.6) is 0 Å². The molecule has 0 saturated carbocycles. The molecule has 1 atom stereocenters. The minimum absolute atomic E-state index is 0.0204. The van der Waals surface area contributed by atoms with E-state index in [1.54, 1.807) is 24.3 Å². The average Bonchev–Trinajstić information content (AvgIpc) is 3.01. The van der Waals surface area contributed by atoms with E-state index < -0.39 is 0 Å². The highest BCUT2D eigenvalue weighted by atomic mass is 16.2. The van der Waals surface area contributed by atoms with Crippen molar-refractivity contribution in [1.29, 1.82) is 0 Å². The second kappa shape index (κ2) is 7.79. The van der Waals surface area contributed by atoms with E-state index >= 15 is 0 Å². The van der Waals surface area contributed by atoms with E-state index in [1.807, 2.05) is 16.7 Å². The van der Waals surface area contributed by atoms with Gasteiger partial charge in [-0.05, 0) is 56.0 Å². The molecule has 5 nitrogen and oxygen atoms in total. The first-order valence-electron chi connectivity index (χ1n) is 8.82. The van der Waals surface area contributed by atoms with Crippen LogP contribution >= 0.6 is 0 Å². The van der Waals surface area contributed by atoms with Crippen molar-refractivity contribution in [2.24, 2.45) is 11.1 Å². The molecule has 0 aliphatic carbocycles.